The van der Waals surface area contributed by atoms with Gasteiger partial charge >= 0.3 is 0 Å². The fraction of sp³-hybridized carbons (Fsp3) is 0.0909. The van der Waals surface area contributed by atoms with Crippen molar-refractivity contribution in [2.45, 2.75) is 0 Å². The predicted octanol–water partition coefficient (Wildman–Crippen LogP) is 1.03. The first-order chi connectivity index (χ1) is 7.70. The van der Waals surface area contributed by atoms with Crippen LogP contribution in [0.3, 0.4) is 0 Å². The first kappa shape index (κ1) is 10.2. The standard InChI is InChI=1S/C11H11N3O2/c1-16-8-4-2-7(3-5-8)9-6-10(12)13-14-11(9)15/h2-6H,1H3,(H2,12,13)(H,14,15). The lowest BCUT2D eigenvalue weighted by Gasteiger charge is -2.03. The lowest BCUT2D eigenvalue weighted by atomic mass is 10.1. The van der Waals surface area contributed by atoms with Crippen molar-refractivity contribution >= 4 is 5.82 Å². The topological polar surface area (TPSA) is 81.0 Å². The van der Waals surface area contributed by atoms with Gasteiger partial charge in [-0.05, 0) is 23.8 Å². The molecule has 3 N–H and O–H groups in total. The number of hydrogen-bond acceptors (Lipinski definition) is 4. The van der Waals surface area contributed by atoms with Crippen LogP contribution >= 0.6 is 0 Å². The van der Waals surface area contributed by atoms with E-state index in [9.17, 15) is 4.79 Å². The van der Waals surface area contributed by atoms with Crippen LogP contribution in [0.1, 0.15) is 0 Å². The van der Waals surface area contributed by atoms with Gasteiger partial charge in [0.15, 0.2) is 0 Å². The van der Waals surface area contributed by atoms with Gasteiger partial charge in [0.05, 0.1) is 12.7 Å². The summed E-state index contributed by atoms with van der Waals surface area (Å²) >= 11 is 0. The second-order valence-electron chi connectivity index (χ2n) is 3.26. The van der Waals surface area contributed by atoms with Crippen molar-refractivity contribution in [3.05, 3.63) is 40.7 Å². The van der Waals surface area contributed by atoms with Crippen LogP contribution in [0.2, 0.25) is 0 Å². The molecule has 0 saturated carbocycles. The van der Waals surface area contributed by atoms with Crippen molar-refractivity contribution in [3.63, 3.8) is 0 Å². The number of aromatic amines is 1. The quantitative estimate of drug-likeness (QED) is 0.787. The summed E-state index contributed by atoms with van der Waals surface area (Å²) in [5.41, 5.74) is 6.52. The fourth-order valence-corrected chi connectivity index (χ4v) is 1.41. The summed E-state index contributed by atoms with van der Waals surface area (Å²) in [5, 5.41) is 5.95. The first-order valence-corrected chi connectivity index (χ1v) is 4.70. The van der Waals surface area contributed by atoms with Gasteiger partial charge in [0.25, 0.3) is 5.56 Å². The fourth-order valence-electron chi connectivity index (χ4n) is 1.41. The second-order valence-corrected chi connectivity index (χ2v) is 3.26. The number of nitrogens with zero attached hydrogens (tertiary/aromatic N) is 1. The number of H-pyrrole nitrogens is 1. The molecule has 2 rings (SSSR count). The van der Waals surface area contributed by atoms with Gasteiger partial charge in [-0.2, -0.15) is 5.10 Å². The molecule has 82 valence electrons. The zero-order valence-corrected chi connectivity index (χ0v) is 8.73. The van der Waals surface area contributed by atoms with Gasteiger partial charge in [0.2, 0.25) is 0 Å². The summed E-state index contributed by atoms with van der Waals surface area (Å²) in [6, 6.07) is 8.70. The van der Waals surface area contributed by atoms with Gasteiger partial charge in [-0.3, -0.25) is 4.79 Å². The van der Waals surface area contributed by atoms with E-state index in [0.717, 1.165) is 11.3 Å². The summed E-state index contributed by atoms with van der Waals surface area (Å²) in [6.45, 7) is 0. The number of anilines is 1. The Morgan fingerprint density at radius 2 is 2.00 bits per heavy atom. The van der Waals surface area contributed by atoms with E-state index in [1.165, 1.54) is 0 Å². The maximum atomic E-state index is 11.5. The summed E-state index contributed by atoms with van der Waals surface area (Å²) in [7, 11) is 1.59. The van der Waals surface area contributed by atoms with Gasteiger partial charge < -0.3 is 10.5 Å². The van der Waals surface area contributed by atoms with E-state index in [-0.39, 0.29) is 11.4 Å². The average molecular weight is 217 g/mol. The lowest BCUT2D eigenvalue weighted by Crippen LogP contribution is -2.12. The smallest absolute Gasteiger partial charge is 0.272 e. The van der Waals surface area contributed by atoms with Gasteiger partial charge in [0.1, 0.15) is 11.6 Å². The molecule has 0 aliphatic rings. The Balaban J connectivity index is 2.50. The molecule has 0 radical (unpaired) electrons. The molecule has 2 aromatic rings. The Bertz CT molecular complexity index is 546. The second kappa shape index (κ2) is 4.06. The highest BCUT2D eigenvalue weighted by atomic mass is 16.5. The number of hydrogen-bond donors (Lipinski definition) is 2. The number of ether oxygens (including phenoxy) is 1. The Kier molecular flexibility index (Phi) is 2.59. The van der Waals surface area contributed by atoms with Crippen molar-refractivity contribution in [2.24, 2.45) is 0 Å². The van der Waals surface area contributed by atoms with Crippen LogP contribution in [0, 0.1) is 0 Å². The molecule has 0 spiro atoms. The molecule has 0 amide bonds. The van der Waals surface area contributed by atoms with Gasteiger partial charge in [-0.1, -0.05) is 12.1 Å². The normalized spacial score (nSPS) is 10.1. The van der Waals surface area contributed by atoms with Crippen molar-refractivity contribution in [2.75, 3.05) is 12.8 Å². The third-order valence-corrected chi connectivity index (χ3v) is 2.22. The highest BCUT2D eigenvalue weighted by molar-refractivity contribution is 5.65. The zero-order chi connectivity index (χ0) is 11.5. The zero-order valence-electron chi connectivity index (χ0n) is 8.73. The maximum Gasteiger partial charge on any atom is 0.272 e. The highest BCUT2D eigenvalue weighted by Crippen LogP contribution is 2.19. The van der Waals surface area contributed by atoms with E-state index in [1.807, 2.05) is 0 Å². The van der Waals surface area contributed by atoms with Crippen LogP contribution < -0.4 is 16.0 Å². The highest BCUT2D eigenvalue weighted by Gasteiger charge is 2.04. The van der Waals surface area contributed by atoms with Gasteiger partial charge in [0, 0.05) is 0 Å². The van der Waals surface area contributed by atoms with Gasteiger partial charge in [-0.15, -0.1) is 0 Å². The van der Waals surface area contributed by atoms with Crippen LogP contribution in [-0.2, 0) is 0 Å². The lowest BCUT2D eigenvalue weighted by molar-refractivity contribution is 0.415. The minimum atomic E-state index is -0.264. The van der Waals surface area contributed by atoms with Crippen LogP contribution in [0.4, 0.5) is 5.82 Å². The van der Waals surface area contributed by atoms with E-state index in [0.29, 0.717) is 5.56 Å². The Morgan fingerprint density at radius 3 is 2.62 bits per heavy atom. The minimum Gasteiger partial charge on any atom is -0.497 e. The number of nitrogen functional groups attached to an aromatic ring is 1. The number of rotatable bonds is 2. The van der Waals surface area contributed by atoms with E-state index >= 15 is 0 Å². The molecular weight excluding hydrogens is 206 g/mol. The van der Waals surface area contributed by atoms with Crippen molar-refractivity contribution in [1.29, 1.82) is 0 Å². The van der Waals surface area contributed by atoms with Crippen LogP contribution in [-0.4, -0.2) is 17.3 Å². The molecule has 5 heteroatoms. The summed E-state index contributed by atoms with van der Waals surface area (Å²) in [6.07, 6.45) is 0. The number of benzene rings is 1. The van der Waals surface area contributed by atoms with Crippen LogP contribution in [0.25, 0.3) is 11.1 Å². The average Bonchev–Trinajstić information content (AvgIpc) is 2.32. The third kappa shape index (κ3) is 1.88. The summed E-state index contributed by atoms with van der Waals surface area (Å²) < 4.78 is 5.04. The molecule has 0 aliphatic carbocycles. The van der Waals surface area contributed by atoms with Crippen LogP contribution in [0.15, 0.2) is 35.1 Å². The first-order valence-electron chi connectivity index (χ1n) is 4.70. The number of methoxy groups -OCH3 is 1. The molecule has 0 fully saturated rings. The number of nitrogens with one attached hydrogen (secondary N) is 1. The van der Waals surface area contributed by atoms with E-state index in [2.05, 4.69) is 10.2 Å². The molecule has 1 heterocycles. The molecule has 0 bridgehead atoms. The molecule has 0 aliphatic heterocycles. The molecule has 5 nitrogen and oxygen atoms in total. The molecular formula is C11H11N3O2. The van der Waals surface area contributed by atoms with E-state index in [1.54, 1.807) is 37.4 Å². The van der Waals surface area contributed by atoms with Gasteiger partial charge in [-0.25, -0.2) is 5.10 Å². The largest absolute Gasteiger partial charge is 0.497 e. The third-order valence-electron chi connectivity index (χ3n) is 2.22. The predicted molar refractivity (Wildman–Crippen MR) is 61.3 cm³/mol. The Labute approximate surface area is 91.9 Å². The molecule has 0 saturated heterocycles. The van der Waals surface area contributed by atoms with Crippen molar-refractivity contribution in [3.8, 4) is 16.9 Å². The van der Waals surface area contributed by atoms with E-state index in [4.69, 9.17) is 10.5 Å². The monoisotopic (exact) mass is 217 g/mol. The molecule has 0 atom stereocenters. The molecule has 1 aromatic carbocycles. The molecule has 1 aromatic heterocycles. The van der Waals surface area contributed by atoms with Crippen molar-refractivity contribution < 1.29 is 4.74 Å². The number of nitrogens with two attached hydrogens (primary N) is 1. The maximum absolute atomic E-state index is 11.5. The van der Waals surface area contributed by atoms with Crippen molar-refractivity contribution in [1.82, 2.24) is 10.2 Å². The SMILES string of the molecule is COc1ccc(-c2cc(N)n[nH]c2=O)cc1. The minimum absolute atomic E-state index is 0.264. The Hall–Kier alpha value is -2.30. The van der Waals surface area contributed by atoms with E-state index < -0.39 is 0 Å². The number of aromatic nitrogens is 2. The molecule has 16 heavy (non-hydrogen) atoms. The summed E-state index contributed by atoms with van der Waals surface area (Å²) in [4.78, 5) is 11.5. The van der Waals surface area contributed by atoms with Crippen LogP contribution in [0.5, 0.6) is 5.75 Å². The Morgan fingerprint density at radius 1 is 1.31 bits per heavy atom. The summed E-state index contributed by atoms with van der Waals surface area (Å²) in [5.74, 6) is 1.02. The molecule has 0 unspecified atom stereocenters.